The number of carbonyl (C=O) groups excluding carboxylic acids is 1. The molecule has 1 aromatic carbocycles. The molecule has 0 bridgehead atoms. The van der Waals surface area contributed by atoms with E-state index in [-0.39, 0.29) is 17.6 Å². The van der Waals surface area contributed by atoms with Gasteiger partial charge in [-0.05, 0) is 26.3 Å². The molecule has 4 nitrogen and oxygen atoms in total. The molecule has 20 heavy (non-hydrogen) atoms. The molecular weight excluding hydrogens is 254 g/mol. The van der Waals surface area contributed by atoms with Gasteiger partial charge in [-0.25, -0.2) is 4.79 Å². The summed E-state index contributed by atoms with van der Waals surface area (Å²) in [7, 11) is 0. The van der Waals surface area contributed by atoms with Crippen LogP contribution in [-0.4, -0.2) is 42.8 Å². The van der Waals surface area contributed by atoms with Crippen LogP contribution in [0.3, 0.4) is 0 Å². The second-order valence-electron chi connectivity index (χ2n) is 5.62. The second-order valence-corrected chi connectivity index (χ2v) is 5.62. The lowest BCUT2D eigenvalue weighted by atomic mass is 9.95. The largest absolute Gasteiger partial charge is 0.465 e. The summed E-state index contributed by atoms with van der Waals surface area (Å²) >= 11 is 0. The summed E-state index contributed by atoms with van der Waals surface area (Å²) in [4.78, 5) is 14.6. The molecule has 1 saturated heterocycles. The van der Waals surface area contributed by atoms with Crippen molar-refractivity contribution in [3.63, 3.8) is 0 Å². The Labute approximate surface area is 120 Å². The van der Waals surface area contributed by atoms with Gasteiger partial charge in [-0.2, -0.15) is 0 Å². The number of morpholine rings is 1. The third kappa shape index (κ3) is 3.19. The Hall–Kier alpha value is -1.39. The second kappa shape index (κ2) is 6.37. The average molecular weight is 277 g/mol. The van der Waals surface area contributed by atoms with Crippen LogP contribution in [0.5, 0.6) is 0 Å². The summed E-state index contributed by atoms with van der Waals surface area (Å²) in [6, 6.07) is 9.45. The van der Waals surface area contributed by atoms with Crippen molar-refractivity contribution in [1.82, 2.24) is 4.90 Å². The molecule has 2 rings (SSSR count). The summed E-state index contributed by atoms with van der Waals surface area (Å²) < 4.78 is 10.8. The van der Waals surface area contributed by atoms with Gasteiger partial charge < -0.3 is 9.47 Å². The van der Waals surface area contributed by atoms with Gasteiger partial charge in [0.05, 0.1) is 19.8 Å². The highest BCUT2D eigenvalue weighted by molar-refractivity contribution is 5.77. The van der Waals surface area contributed by atoms with E-state index in [9.17, 15) is 4.79 Å². The Balaban J connectivity index is 2.33. The van der Waals surface area contributed by atoms with Gasteiger partial charge in [0.25, 0.3) is 0 Å². The maximum Gasteiger partial charge on any atom is 0.328 e. The van der Waals surface area contributed by atoms with Crippen LogP contribution in [0.4, 0.5) is 0 Å². The molecule has 0 spiro atoms. The van der Waals surface area contributed by atoms with E-state index in [1.165, 1.54) is 0 Å². The summed E-state index contributed by atoms with van der Waals surface area (Å²) in [5.41, 5.74) is 0.784. The fourth-order valence-electron chi connectivity index (χ4n) is 2.65. The van der Waals surface area contributed by atoms with Gasteiger partial charge in [0.15, 0.2) is 0 Å². The molecule has 1 aliphatic heterocycles. The standard InChI is InChI=1S/C16H23NO3/c1-4-20-15(18)14(13-8-6-5-7-9-13)17-10-11-19-12-16(17,2)3/h5-9,14H,4,10-12H2,1-3H3. The SMILES string of the molecule is CCOC(=O)C(c1ccccc1)N1CCOCC1(C)C. The van der Waals surface area contributed by atoms with E-state index in [4.69, 9.17) is 9.47 Å². The molecule has 1 aliphatic rings. The van der Waals surface area contributed by atoms with Gasteiger partial charge in [-0.15, -0.1) is 0 Å². The molecule has 0 N–H and O–H groups in total. The van der Waals surface area contributed by atoms with E-state index >= 15 is 0 Å². The quantitative estimate of drug-likeness (QED) is 0.792. The van der Waals surface area contributed by atoms with Crippen molar-refractivity contribution in [3.8, 4) is 0 Å². The number of benzene rings is 1. The van der Waals surface area contributed by atoms with Crippen LogP contribution in [-0.2, 0) is 14.3 Å². The number of hydrogen-bond donors (Lipinski definition) is 0. The van der Waals surface area contributed by atoms with Crippen molar-refractivity contribution in [2.75, 3.05) is 26.4 Å². The lowest BCUT2D eigenvalue weighted by Crippen LogP contribution is -2.56. The van der Waals surface area contributed by atoms with Crippen LogP contribution in [0.2, 0.25) is 0 Å². The molecule has 4 heteroatoms. The fourth-order valence-corrected chi connectivity index (χ4v) is 2.65. The zero-order chi connectivity index (χ0) is 14.6. The van der Waals surface area contributed by atoms with Crippen molar-refractivity contribution in [2.24, 2.45) is 0 Å². The molecule has 1 atom stereocenters. The van der Waals surface area contributed by atoms with Gasteiger partial charge in [0.2, 0.25) is 0 Å². The topological polar surface area (TPSA) is 38.8 Å². The summed E-state index contributed by atoms with van der Waals surface area (Å²) in [5.74, 6) is -0.186. The number of rotatable bonds is 4. The van der Waals surface area contributed by atoms with E-state index in [0.717, 1.165) is 12.1 Å². The molecule has 0 saturated carbocycles. The van der Waals surface area contributed by atoms with Crippen molar-refractivity contribution < 1.29 is 14.3 Å². The van der Waals surface area contributed by atoms with E-state index in [1.807, 2.05) is 37.3 Å². The number of esters is 1. The third-order valence-electron chi connectivity index (χ3n) is 3.65. The average Bonchev–Trinajstić information content (AvgIpc) is 2.42. The zero-order valence-electron chi connectivity index (χ0n) is 12.5. The van der Waals surface area contributed by atoms with Crippen LogP contribution in [0.15, 0.2) is 30.3 Å². The van der Waals surface area contributed by atoms with Crippen molar-refractivity contribution in [3.05, 3.63) is 35.9 Å². The van der Waals surface area contributed by atoms with Crippen LogP contribution in [0, 0.1) is 0 Å². The first kappa shape index (κ1) is 15.0. The van der Waals surface area contributed by atoms with Crippen LogP contribution < -0.4 is 0 Å². The molecule has 0 radical (unpaired) electrons. The highest BCUT2D eigenvalue weighted by atomic mass is 16.5. The van der Waals surface area contributed by atoms with Crippen molar-refractivity contribution in [1.29, 1.82) is 0 Å². The molecule has 0 aliphatic carbocycles. The van der Waals surface area contributed by atoms with Gasteiger partial charge in [-0.1, -0.05) is 30.3 Å². The smallest absolute Gasteiger partial charge is 0.328 e. The van der Waals surface area contributed by atoms with E-state index in [2.05, 4.69) is 18.7 Å². The highest BCUT2D eigenvalue weighted by Crippen LogP contribution is 2.31. The first-order valence-corrected chi connectivity index (χ1v) is 7.12. The molecule has 110 valence electrons. The van der Waals surface area contributed by atoms with Crippen molar-refractivity contribution >= 4 is 5.97 Å². The van der Waals surface area contributed by atoms with Gasteiger partial charge in [0, 0.05) is 12.1 Å². The Morgan fingerprint density at radius 1 is 1.40 bits per heavy atom. The Kier molecular flexibility index (Phi) is 4.78. The summed E-state index contributed by atoms with van der Waals surface area (Å²) in [6.45, 7) is 8.42. The Morgan fingerprint density at radius 2 is 2.10 bits per heavy atom. The molecule has 1 aromatic rings. The minimum Gasteiger partial charge on any atom is -0.465 e. The first-order chi connectivity index (χ1) is 9.56. The summed E-state index contributed by atoms with van der Waals surface area (Å²) in [5, 5.41) is 0. The van der Waals surface area contributed by atoms with Gasteiger partial charge in [0.1, 0.15) is 6.04 Å². The molecule has 1 fully saturated rings. The number of ether oxygens (including phenoxy) is 2. The van der Waals surface area contributed by atoms with Crippen LogP contribution in [0.1, 0.15) is 32.4 Å². The summed E-state index contributed by atoms with van der Waals surface area (Å²) in [6.07, 6.45) is 0. The molecule has 1 unspecified atom stereocenters. The normalized spacial score (nSPS) is 20.4. The Morgan fingerprint density at radius 3 is 2.70 bits per heavy atom. The van der Waals surface area contributed by atoms with Crippen LogP contribution >= 0.6 is 0 Å². The van der Waals surface area contributed by atoms with E-state index in [1.54, 1.807) is 0 Å². The molecular formula is C16H23NO3. The van der Waals surface area contributed by atoms with Crippen LogP contribution in [0.25, 0.3) is 0 Å². The molecule has 0 aromatic heterocycles. The van der Waals surface area contributed by atoms with Crippen molar-refractivity contribution in [2.45, 2.75) is 32.4 Å². The van der Waals surface area contributed by atoms with E-state index < -0.39 is 0 Å². The minimum absolute atomic E-state index is 0.186. The highest BCUT2D eigenvalue weighted by Gasteiger charge is 2.40. The number of hydrogen-bond acceptors (Lipinski definition) is 4. The number of carbonyl (C=O) groups is 1. The lowest BCUT2D eigenvalue weighted by molar-refractivity contribution is -0.158. The zero-order valence-corrected chi connectivity index (χ0v) is 12.5. The third-order valence-corrected chi connectivity index (χ3v) is 3.65. The van der Waals surface area contributed by atoms with Gasteiger partial charge in [-0.3, -0.25) is 4.90 Å². The number of nitrogens with zero attached hydrogens (tertiary/aromatic N) is 1. The monoisotopic (exact) mass is 277 g/mol. The fraction of sp³-hybridized carbons (Fsp3) is 0.562. The minimum atomic E-state index is -0.366. The maximum absolute atomic E-state index is 12.4. The maximum atomic E-state index is 12.4. The predicted octanol–water partition coefficient (Wildman–Crippen LogP) is 2.40. The molecule has 1 heterocycles. The predicted molar refractivity (Wildman–Crippen MR) is 77.4 cm³/mol. The molecule has 0 amide bonds. The Bertz CT molecular complexity index is 444. The first-order valence-electron chi connectivity index (χ1n) is 7.12. The van der Waals surface area contributed by atoms with E-state index in [0.29, 0.717) is 19.8 Å². The lowest BCUT2D eigenvalue weighted by Gasteiger charge is -2.45. The van der Waals surface area contributed by atoms with Gasteiger partial charge >= 0.3 is 5.97 Å².